The fourth-order valence-corrected chi connectivity index (χ4v) is 4.14. The first-order valence-electron chi connectivity index (χ1n) is 8.12. The highest BCUT2D eigenvalue weighted by Crippen LogP contribution is 2.43. The van der Waals surface area contributed by atoms with Crippen molar-refractivity contribution in [2.45, 2.75) is 57.0 Å². The zero-order valence-electron chi connectivity index (χ0n) is 12.1. The van der Waals surface area contributed by atoms with Gasteiger partial charge >= 0.3 is 6.01 Å². The topological polar surface area (TPSA) is 75.4 Å². The smallest absolute Gasteiger partial charge is 0.301 e. The maximum atomic E-state index is 12.4. The van der Waals surface area contributed by atoms with Crippen LogP contribution in [-0.2, 0) is 4.79 Å². The molecule has 3 fully saturated rings. The molecule has 2 N–H and O–H groups in total. The molecule has 0 saturated heterocycles. The number of nitrogens with one attached hydrogen (secondary N) is 1. The molecule has 4 atom stereocenters. The van der Waals surface area contributed by atoms with E-state index in [1.165, 1.54) is 6.42 Å². The zero-order valence-corrected chi connectivity index (χ0v) is 12.1. The summed E-state index contributed by atoms with van der Waals surface area (Å²) in [4.78, 5) is 16.6. The van der Waals surface area contributed by atoms with Crippen LogP contribution in [0.3, 0.4) is 0 Å². The van der Waals surface area contributed by atoms with Crippen molar-refractivity contribution in [2.75, 3.05) is 5.32 Å². The lowest BCUT2D eigenvalue weighted by atomic mass is 9.67. The van der Waals surface area contributed by atoms with Gasteiger partial charge in [0.25, 0.3) is 0 Å². The number of aromatic nitrogens is 1. The second-order valence-corrected chi connectivity index (χ2v) is 7.09. The lowest BCUT2D eigenvalue weighted by Gasteiger charge is -2.40. The number of carbonyl (C=O) groups is 1. The highest BCUT2D eigenvalue weighted by Gasteiger charge is 2.38. The second kappa shape index (κ2) is 5.13. The van der Waals surface area contributed by atoms with Gasteiger partial charge in [-0.15, -0.1) is 0 Å². The van der Waals surface area contributed by atoms with Crippen molar-refractivity contribution in [3.63, 3.8) is 0 Å². The summed E-state index contributed by atoms with van der Waals surface area (Å²) in [6, 6.07) is 0.345. The predicted molar refractivity (Wildman–Crippen MR) is 76.7 cm³/mol. The van der Waals surface area contributed by atoms with Crippen LogP contribution < -0.4 is 5.32 Å². The first kappa shape index (κ1) is 13.3. The Kier molecular flexibility index (Phi) is 3.25. The van der Waals surface area contributed by atoms with Crippen molar-refractivity contribution >= 4 is 11.9 Å². The van der Waals surface area contributed by atoms with Crippen molar-refractivity contribution in [3.05, 3.63) is 12.0 Å². The number of rotatable bonds is 3. The van der Waals surface area contributed by atoms with Gasteiger partial charge in [0.15, 0.2) is 0 Å². The van der Waals surface area contributed by atoms with Crippen molar-refractivity contribution in [1.29, 1.82) is 0 Å². The van der Waals surface area contributed by atoms with E-state index in [4.69, 9.17) is 4.42 Å². The van der Waals surface area contributed by atoms with Gasteiger partial charge in [-0.1, -0.05) is 0 Å². The molecule has 0 radical (unpaired) electrons. The van der Waals surface area contributed by atoms with Gasteiger partial charge in [0, 0.05) is 11.8 Å². The Hall–Kier alpha value is -1.36. The predicted octanol–water partition coefficient (Wildman–Crippen LogP) is 2.68. The molecule has 4 rings (SSSR count). The maximum absolute atomic E-state index is 12.4. The Balaban J connectivity index is 1.38. The number of amides is 1. The van der Waals surface area contributed by atoms with Crippen LogP contribution in [0.2, 0.25) is 0 Å². The molecule has 3 aliphatic rings. The number of aliphatic hydroxyl groups excluding tert-OH is 1. The Morgan fingerprint density at radius 2 is 1.90 bits per heavy atom. The van der Waals surface area contributed by atoms with Crippen LogP contribution in [0.25, 0.3) is 0 Å². The first-order valence-corrected chi connectivity index (χ1v) is 8.12. The zero-order chi connectivity index (χ0) is 14.4. The van der Waals surface area contributed by atoms with Gasteiger partial charge in [-0.3, -0.25) is 10.1 Å². The molecule has 114 valence electrons. The number of carbonyl (C=O) groups excluding carboxylic acids is 1. The molecule has 2 unspecified atom stereocenters. The van der Waals surface area contributed by atoms with E-state index in [2.05, 4.69) is 10.3 Å². The standard InChI is InChI=1S/C16H22N2O3/c19-13-6-9-3-10(7-13)5-12(4-9)15(20)18-16-17-8-14(21-16)11-1-2-11/h8-13,19H,1-7H2,(H,17,18,20)/t9-,10+,12?,13?. The Bertz CT molecular complexity index is 519. The first-order chi connectivity index (χ1) is 10.2. The average molecular weight is 290 g/mol. The minimum absolute atomic E-state index is 0.0327. The SMILES string of the molecule is O=C(Nc1ncc(C2CC2)o1)C1C[C@H]2CC(O)C[C@@H](C1)C2. The number of fused-ring (bicyclic) bond motifs is 2. The summed E-state index contributed by atoms with van der Waals surface area (Å²) in [5.41, 5.74) is 0. The van der Waals surface area contributed by atoms with Crippen LogP contribution in [-0.4, -0.2) is 22.1 Å². The summed E-state index contributed by atoms with van der Waals surface area (Å²) < 4.78 is 5.60. The summed E-state index contributed by atoms with van der Waals surface area (Å²) in [6.45, 7) is 0. The minimum atomic E-state index is -0.161. The highest BCUT2D eigenvalue weighted by molar-refractivity contribution is 5.90. The summed E-state index contributed by atoms with van der Waals surface area (Å²) >= 11 is 0. The van der Waals surface area contributed by atoms with E-state index in [1.807, 2.05) is 0 Å². The van der Waals surface area contributed by atoms with Gasteiger partial charge in [0.05, 0.1) is 12.3 Å². The molecule has 1 heterocycles. The van der Waals surface area contributed by atoms with Crippen molar-refractivity contribution < 1.29 is 14.3 Å². The quantitative estimate of drug-likeness (QED) is 0.897. The molecule has 3 saturated carbocycles. The summed E-state index contributed by atoms with van der Waals surface area (Å²) in [5, 5.41) is 12.6. The van der Waals surface area contributed by atoms with Crippen LogP contribution >= 0.6 is 0 Å². The monoisotopic (exact) mass is 290 g/mol. The summed E-state index contributed by atoms with van der Waals surface area (Å²) in [7, 11) is 0. The molecule has 1 amide bonds. The number of hydrogen-bond donors (Lipinski definition) is 2. The summed E-state index contributed by atoms with van der Waals surface area (Å²) in [6.07, 6.45) is 8.55. The van der Waals surface area contributed by atoms with E-state index in [9.17, 15) is 9.90 Å². The van der Waals surface area contributed by atoms with Crippen LogP contribution in [0.4, 0.5) is 6.01 Å². The van der Waals surface area contributed by atoms with E-state index in [0.29, 0.717) is 23.8 Å². The number of anilines is 1. The van der Waals surface area contributed by atoms with Crippen LogP contribution in [0.5, 0.6) is 0 Å². The Labute approximate surface area is 124 Å². The third kappa shape index (κ3) is 2.84. The fourth-order valence-electron chi connectivity index (χ4n) is 4.14. The molecule has 5 nitrogen and oxygen atoms in total. The van der Waals surface area contributed by atoms with Crippen molar-refractivity contribution in [1.82, 2.24) is 4.98 Å². The van der Waals surface area contributed by atoms with E-state index < -0.39 is 0 Å². The molecular formula is C16H22N2O3. The van der Waals surface area contributed by atoms with E-state index in [1.54, 1.807) is 6.20 Å². The lowest BCUT2D eigenvalue weighted by Crippen LogP contribution is -2.37. The molecule has 21 heavy (non-hydrogen) atoms. The van der Waals surface area contributed by atoms with Gasteiger partial charge in [-0.25, -0.2) is 4.98 Å². The van der Waals surface area contributed by atoms with E-state index in [-0.39, 0.29) is 17.9 Å². The highest BCUT2D eigenvalue weighted by atomic mass is 16.4. The molecule has 2 bridgehead atoms. The lowest BCUT2D eigenvalue weighted by molar-refractivity contribution is -0.123. The normalized spacial score (nSPS) is 35.5. The molecule has 0 aliphatic heterocycles. The van der Waals surface area contributed by atoms with Crippen molar-refractivity contribution in [2.24, 2.45) is 17.8 Å². The van der Waals surface area contributed by atoms with Gasteiger partial charge in [-0.05, 0) is 56.8 Å². The fraction of sp³-hybridized carbons (Fsp3) is 0.750. The molecule has 5 heteroatoms. The number of hydrogen-bond acceptors (Lipinski definition) is 4. The van der Waals surface area contributed by atoms with Gasteiger partial charge < -0.3 is 9.52 Å². The van der Waals surface area contributed by atoms with Crippen LogP contribution in [0.15, 0.2) is 10.6 Å². The molecular weight excluding hydrogens is 268 g/mol. The minimum Gasteiger partial charge on any atom is -0.428 e. The van der Waals surface area contributed by atoms with Gasteiger partial charge in [-0.2, -0.15) is 0 Å². The molecule has 1 aromatic rings. The Morgan fingerprint density at radius 1 is 1.19 bits per heavy atom. The second-order valence-electron chi connectivity index (χ2n) is 7.09. The van der Waals surface area contributed by atoms with Crippen LogP contribution in [0.1, 0.15) is 56.6 Å². The summed E-state index contributed by atoms with van der Waals surface area (Å²) in [5.74, 6) is 2.47. The largest absolute Gasteiger partial charge is 0.428 e. The molecule has 0 spiro atoms. The third-order valence-corrected chi connectivity index (χ3v) is 5.22. The van der Waals surface area contributed by atoms with Gasteiger partial charge in [0.1, 0.15) is 5.76 Å². The van der Waals surface area contributed by atoms with Gasteiger partial charge in [0.2, 0.25) is 5.91 Å². The van der Waals surface area contributed by atoms with Crippen molar-refractivity contribution in [3.8, 4) is 0 Å². The third-order valence-electron chi connectivity index (χ3n) is 5.22. The number of aliphatic hydroxyl groups is 1. The maximum Gasteiger partial charge on any atom is 0.301 e. The van der Waals surface area contributed by atoms with Crippen LogP contribution in [0, 0.1) is 17.8 Å². The number of oxazole rings is 1. The Morgan fingerprint density at radius 3 is 2.57 bits per heavy atom. The number of nitrogens with zero attached hydrogens (tertiary/aromatic N) is 1. The van der Waals surface area contributed by atoms with E-state index >= 15 is 0 Å². The molecule has 0 aromatic carbocycles. The molecule has 1 aromatic heterocycles. The van der Waals surface area contributed by atoms with E-state index in [0.717, 1.165) is 44.3 Å². The average Bonchev–Trinajstić information content (AvgIpc) is 3.18. The molecule has 3 aliphatic carbocycles.